The molecule has 1 rings (SSSR count). The molecule has 0 spiro atoms. The van der Waals surface area contributed by atoms with Gasteiger partial charge in [-0.25, -0.2) is 4.89 Å². The van der Waals surface area contributed by atoms with Crippen LogP contribution in [0, 0.1) is 0 Å². The molecule has 100 valence electrons. The van der Waals surface area contributed by atoms with E-state index in [0.29, 0.717) is 12.2 Å². The van der Waals surface area contributed by atoms with Gasteiger partial charge in [-0.1, -0.05) is 12.1 Å². The second-order valence-electron chi connectivity index (χ2n) is 3.07. The fraction of sp³-hybridized carbons (Fsp3) is 0.300. The molecular weight excluding hydrogens is 260 g/mol. The van der Waals surface area contributed by atoms with E-state index in [4.69, 9.17) is 13.7 Å². The Labute approximate surface area is 108 Å². The number of amides is 1. The van der Waals surface area contributed by atoms with Gasteiger partial charge in [0.15, 0.2) is 0 Å². The van der Waals surface area contributed by atoms with Gasteiger partial charge in [0.1, 0.15) is 6.61 Å². The Bertz CT molecular complexity index is 390. The predicted octanol–water partition coefficient (Wildman–Crippen LogP) is -0.0873. The van der Waals surface area contributed by atoms with E-state index in [1.165, 1.54) is 0 Å². The predicted molar refractivity (Wildman–Crippen MR) is 64.2 cm³/mol. The monoisotopic (exact) mass is 274 g/mol. The Morgan fingerprint density at radius 3 is 2.33 bits per heavy atom. The molecular formula is C10H14N2O5S. The number of benzene rings is 1. The van der Waals surface area contributed by atoms with Crippen LogP contribution in [0.3, 0.4) is 0 Å². The fourth-order valence-electron chi connectivity index (χ4n) is 1.10. The van der Waals surface area contributed by atoms with Gasteiger partial charge >= 0.3 is 11.6 Å². The number of hydrogen-bond donors (Lipinski definition) is 3. The molecule has 0 heterocycles. The van der Waals surface area contributed by atoms with E-state index in [9.17, 15) is 4.79 Å². The van der Waals surface area contributed by atoms with Crippen LogP contribution in [-0.2, 0) is 23.1 Å². The van der Waals surface area contributed by atoms with Crippen molar-refractivity contribution in [3.63, 3.8) is 0 Å². The Morgan fingerprint density at radius 2 is 1.89 bits per heavy atom. The summed E-state index contributed by atoms with van der Waals surface area (Å²) in [6.07, 6.45) is 0. The molecule has 1 aromatic carbocycles. The van der Waals surface area contributed by atoms with E-state index in [-0.39, 0.29) is 12.5 Å². The van der Waals surface area contributed by atoms with Crippen LogP contribution < -0.4 is 10.6 Å². The number of carbonyl (C=O) groups is 1. The lowest BCUT2D eigenvalue weighted by molar-refractivity contribution is -0.253. The molecule has 0 saturated carbocycles. The van der Waals surface area contributed by atoms with Gasteiger partial charge in [0.05, 0.1) is 6.67 Å². The Balaban J connectivity index is 0.000000873. The van der Waals surface area contributed by atoms with Gasteiger partial charge in [-0.3, -0.25) is 10.1 Å². The van der Waals surface area contributed by atoms with E-state index in [1.54, 1.807) is 31.3 Å². The number of hydrogen-bond acceptors (Lipinski definition) is 6. The average molecular weight is 274 g/mol. The van der Waals surface area contributed by atoms with Crippen LogP contribution in [0.15, 0.2) is 24.3 Å². The molecule has 0 unspecified atom stereocenters. The van der Waals surface area contributed by atoms with Crippen molar-refractivity contribution in [2.24, 2.45) is 0 Å². The average Bonchev–Trinajstić information content (AvgIpc) is 2.38. The minimum absolute atomic E-state index is 0.123. The van der Waals surface area contributed by atoms with Crippen LogP contribution >= 0.6 is 0 Å². The zero-order valence-electron chi connectivity index (χ0n) is 9.71. The second-order valence-corrected chi connectivity index (χ2v) is 3.21. The molecule has 1 amide bonds. The van der Waals surface area contributed by atoms with E-state index in [2.05, 4.69) is 15.5 Å². The van der Waals surface area contributed by atoms with Gasteiger partial charge < -0.3 is 10.6 Å². The minimum atomic E-state index is -0.750. The van der Waals surface area contributed by atoms with Crippen LogP contribution in [0.25, 0.3) is 0 Å². The smallest absolute Gasteiger partial charge is 0.335 e. The first-order chi connectivity index (χ1) is 8.69. The number of carbonyl (C=O) groups excluding carboxylic acids is 1. The summed E-state index contributed by atoms with van der Waals surface area (Å²) in [4.78, 5) is 15.4. The van der Waals surface area contributed by atoms with Crippen molar-refractivity contribution in [3.05, 3.63) is 35.4 Å². The standard InChI is InChI=1S/C10H14N2O3.O2S/c1-11-7-12-10(13)9-4-2-8(3-5-9)6-15-14;1-3-2/h2-5,11,14H,6-7H2,1H3,(H,12,13);. The van der Waals surface area contributed by atoms with E-state index in [1.807, 2.05) is 0 Å². The molecule has 18 heavy (non-hydrogen) atoms. The highest BCUT2D eigenvalue weighted by molar-refractivity contribution is 7.51. The summed E-state index contributed by atoms with van der Waals surface area (Å²) in [5, 5.41) is 13.7. The van der Waals surface area contributed by atoms with Crippen molar-refractivity contribution in [3.8, 4) is 0 Å². The maximum atomic E-state index is 11.4. The van der Waals surface area contributed by atoms with Crippen LogP contribution in [-0.4, -0.2) is 33.3 Å². The van der Waals surface area contributed by atoms with E-state index < -0.39 is 11.6 Å². The van der Waals surface area contributed by atoms with Gasteiger partial charge in [-0.05, 0) is 24.7 Å². The van der Waals surface area contributed by atoms with Gasteiger partial charge in [-0.15, -0.1) is 0 Å². The van der Waals surface area contributed by atoms with Gasteiger partial charge in [0.25, 0.3) is 5.91 Å². The quantitative estimate of drug-likeness (QED) is 0.394. The van der Waals surface area contributed by atoms with E-state index >= 15 is 0 Å². The zero-order chi connectivity index (χ0) is 13.8. The molecule has 0 aliphatic heterocycles. The molecule has 3 N–H and O–H groups in total. The third-order valence-corrected chi connectivity index (χ3v) is 1.87. The summed E-state index contributed by atoms with van der Waals surface area (Å²) in [5.41, 5.74) is 1.38. The van der Waals surface area contributed by atoms with Crippen LogP contribution in [0.2, 0.25) is 0 Å². The fourth-order valence-corrected chi connectivity index (χ4v) is 1.10. The van der Waals surface area contributed by atoms with Crippen molar-refractivity contribution < 1.29 is 23.4 Å². The number of rotatable bonds is 5. The molecule has 0 radical (unpaired) electrons. The molecule has 0 atom stereocenters. The highest BCUT2D eigenvalue weighted by Crippen LogP contribution is 2.05. The third-order valence-electron chi connectivity index (χ3n) is 1.87. The van der Waals surface area contributed by atoms with Crippen molar-refractivity contribution in [1.29, 1.82) is 0 Å². The Hall–Kier alpha value is -1.61. The summed E-state index contributed by atoms with van der Waals surface area (Å²) < 4.78 is 16.6. The van der Waals surface area contributed by atoms with Gasteiger partial charge in [0, 0.05) is 5.56 Å². The van der Waals surface area contributed by atoms with Crippen LogP contribution in [0.4, 0.5) is 0 Å². The van der Waals surface area contributed by atoms with Gasteiger partial charge in [-0.2, -0.15) is 8.42 Å². The minimum Gasteiger partial charge on any atom is -0.339 e. The lowest BCUT2D eigenvalue weighted by Crippen LogP contribution is -2.31. The summed E-state index contributed by atoms with van der Waals surface area (Å²) in [6.45, 7) is 0.554. The lowest BCUT2D eigenvalue weighted by Gasteiger charge is -2.04. The van der Waals surface area contributed by atoms with Crippen molar-refractivity contribution >= 4 is 17.5 Å². The molecule has 0 aromatic heterocycles. The zero-order valence-corrected chi connectivity index (χ0v) is 10.5. The maximum Gasteiger partial charge on any atom is 0.335 e. The van der Waals surface area contributed by atoms with Gasteiger partial charge in [0.2, 0.25) is 0 Å². The molecule has 0 aliphatic carbocycles. The topological polar surface area (TPSA) is 105 Å². The van der Waals surface area contributed by atoms with Crippen molar-refractivity contribution in [2.75, 3.05) is 13.7 Å². The highest BCUT2D eigenvalue weighted by Gasteiger charge is 2.03. The maximum absolute atomic E-state index is 11.4. The first-order valence-electron chi connectivity index (χ1n) is 4.89. The van der Waals surface area contributed by atoms with Crippen molar-refractivity contribution in [2.45, 2.75) is 6.61 Å². The van der Waals surface area contributed by atoms with Crippen molar-refractivity contribution in [1.82, 2.24) is 10.6 Å². The summed E-state index contributed by atoms with van der Waals surface area (Å²) >= 11 is -0.750. The Morgan fingerprint density at radius 1 is 1.33 bits per heavy atom. The second kappa shape index (κ2) is 10.5. The molecule has 7 nitrogen and oxygen atoms in total. The lowest BCUT2D eigenvalue weighted by atomic mass is 10.1. The molecule has 0 aliphatic rings. The molecule has 0 saturated heterocycles. The third kappa shape index (κ3) is 6.86. The SMILES string of the molecule is CNCNC(=O)c1ccc(COO)cc1.O=S=O. The Kier molecular flexibility index (Phi) is 9.60. The molecule has 8 heteroatoms. The first kappa shape index (κ1) is 16.4. The van der Waals surface area contributed by atoms with Crippen LogP contribution in [0.1, 0.15) is 15.9 Å². The first-order valence-corrected chi connectivity index (χ1v) is 5.56. The largest absolute Gasteiger partial charge is 0.339 e. The highest BCUT2D eigenvalue weighted by atomic mass is 32.1. The molecule has 0 fully saturated rings. The summed E-state index contributed by atoms with van der Waals surface area (Å²) in [6, 6.07) is 6.81. The number of nitrogens with one attached hydrogen (secondary N) is 2. The summed E-state index contributed by atoms with van der Waals surface area (Å²) in [5.74, 6) is -0.138. The normalized spacial score (nSPS) is 9.00. The summed E-state index contributed by atoms with van der Waals surface area (Å²) in [7, 11) is 1.75. The molecule has 0 bridgehead atoms. The van der Waals surface area contributed by atoms with E-state index in [0.717, 1.165) is 5.56 Å². The molecule has 1 aromatic rings. The van der Waals surface area contributed by atoms with Crippen LogP contribution in [0.5, 0.6) is 0 Å².